The van der Waals surface area contributed by atoms with Crippen LogP contribution < -0.4 is 10.9 Å². The molecule has 10 heteroatoms. The van der Waals surface area contributed by atoms with E-state index in [4.69, 9.17) is 5.11 Å². The first kappa shape index (κ1) is 13.4. The van der Waals surface area contributed by atoms with Gasteiger partial charge in [0.1, 0.15) is 17.9 Å². The maximum absolute atomic E-state index is 11.7. The fraction of sp³-hybridized carbons (Fsp3) is 0.200. The molecule has 20 heavy (non-hydrogen) atoms. The van der Waals surface area contributed by atoms with Crippen LogP contribution in [0.25, 0.3) is 0 Å². The van der Waals surface area contributed by atoms with Crippen LogP contribution in [0.3, 0.4) is 0 Å². The topological polar surface area (TPSA) is 143 Å². The average molecular weight is 278 g/mol. The summed E-state index contributed by atoms with van der Waals surface area (Å²) < 4.78 is 1.14. The predicted molar refractivity (Wildman–Crippen MR) is 63.7 cm³/mol. The number of carboxylic acids is 1. The summed E-state index contributed by atoms with van der Waals surface area (Å²) in [5, 5.41) is 24.1. The van der Waals surface area contributed by atoms with Crippen LogP contribution in [0, 0.1) is 0 Å². The summed E-state index contributed by atoms with van der Waals surface area (Å²) in [7, 11) is 0. The first-order chi connectivity index (χ1) is 9.54. The molecule has 3 N–H and O–H groups in total. The minimum absolute atomic E-state index is 0.0579. The van der Waals surface area contributed by atoms with Gasteiger partial charge >= 0.3 is 5.97 Å². The summed E-state index contributed by atoms with van der Waals surface area (Å²) in [6.45, 7) is -0.234. The number of nitrogens with zero attached hydrogens (tertiary/aromatic N) is 4. The molecular formula is C10H10N6O4. The molecular weight excluding hydrogens is 268 g/mol. The van der Waals surface area contributed by atoms with Crippen molar-refractivity contribution in [3.05, 3.63) is 40.1 Å². The number of hydrogen-bond acceptors (Lipinski definition) is 6. The van der Waals surface area contributed by atoms with Crippen LogP contribution in [-0.4, -0.2) is 42.2 Å². The Morgan fingerprint density at radius 3 is 2.85 bits per heavy atom. The number of rotatable bonds is 5. The molecule has 0 bridgehead atoms. The lowest BCUT2D eigenvalue weighted by Crippen LogP contribution is -2.25. The summed E-state index contributed by atoms with van der Waals surface area (Å²) in [6, 6.07) is 2.47. The van der Waals surface area contributed by atoms with E-state index in [0.29, 0.717) is 5.69 Å². The van der Waals surface area contributed by atoms with Crippen LogP contribution in [-0.2, 0) is 17.9 Å². The molecule has 2 aromatic rings. The van der Waals surface area contributed by atoms with Crippen molar-refractivity contribution in [3.63, 3.8) is 0 Å². The van der Waals surface area contributed by atoms with Crippen LogP contribution in [0.4, 0.5) is 0 Å². The second-order valence-electron chi connectivity index (χ2n) is 3.79. The van der Waals surface area contributed by atoms with Gasteiger partial charge in [-0.2, -0.15) is 5.10 Å². The predicted octanol–water partition coefficient (Wildman–Crippen LogP) is -1.62. The van der Waals surface area contributed by atoms with Gasteiger partial charge in [-0.25, -0.2) is 9.78 Å². The summed E-state index contributed by atoms with van der Waals surface area (Å²) in [4.78, 5) is 32.9. The number of amides is 1. The Morgan fingerprint density at radius 2 is 2.20 bits per heavy atom. The Hall–Kier alpha value is -3.04. The maximum Gasteiger partial charge on any atom is 0.325 e. The Balaban J connectivity index is 1.93. The van der Waals surface area contributed by atoms with Crippen molar-refractivity contribution in [1.82, 2.24) is 30.5 Å². The van der Waals surface area contributed by atoms with Gasteiger partial charge < -0.3 is 10.4 Å². The van der Waals surface area contributed by atoms with E-state index in [1.165, 1.54) is 18.3 Å². The first-order valence-corrected chi connectivity index (χ1v) is 5.49. The van der Waals surface area contributed by atoms with Gasteiger partial charge in [-0.05, 0) is 6.07 Å². The third-order valence-corrected chi connectivity index (χ3v) is 2.23. The molecule has 0 spiro atoms. The maximum atomic E-state index is 11.7. The second kappa shape index (κ2) is 5.73. The molecule has 0 saturated carbocycles. The highest BCUT2D eigenvalue weighted by atomic mass is 16.4. The number of H-pyrrole nitrogens is 1. The van der Waals surface area contributed by atoms with Crippen molar-refractivity contribution in [2.75, 3.05) is 0 Å². The monoisotopic (exact) mass is 278 g/mol. The molecule has 0 aliphatic rings. The number of nitrogens with one attached hydrogen (secondary N) is 2. The number of hydrogen-bond donors (Lipinski definition) is 3. The minimum atomic E-state index is -1.04. The van der Waals surface area contributed by atoms with E-state index >= 15 is 0 Å². The van der Waals surface area contributed by atoms with Crippen LogP contribution in [0.2, 0.25) is 0 Å². The summed E-state index contributed by atoms with van der Waals surface area (Å²) >= 11 is 0. The highest BCUT2D eigenvalue weighted by Gasteiger charge is 2.09. The Morgan fingerprint density at radius 1 is 1.40 bits per heavy atom. The number of aromatic amines is 1. The second-order valence-corrected chi connectivity index (χ2v) is 3.79. The normalized spacial score (nSPS) is 10.2. The van der Waals surface area contributed by atoms with Crippen molar-refractivity contribution in [2.24, 2.45) is 0 Å². The lowest BCUT2D eigenvalue weighted by molar-refractivity contribution is -0.137. The number of carboxylic acid groups (broad SMARTS) is 1. The van der Waals surface area contributed by atoms with Gasteiger partial charge in [-0.1, -0.05) is 5.21 Å². The molecule has 0 fully saturated rings. The van der Waals surface area contributed by atoms with Crippen molar-refractivity contribution in [2.45, 2.75) is 13.1 Å². The molecule has 0 unspecified atom stereocenters. The van der Waals surface area contributed by atoms with E-state index in [-0.39, 0.29) is 18.8 Å². The largest absolute Gasteiger partial charge is 0.480 e. The van der Waals surface area contributed by atoms with Crippen LogP contribution in [0.1, 0.15) is 16.2 Å². The average Bonchev–Trinajstić information content (AvgIpc) is 2.83. The molecule has 0 atom stereocenters. The fourth-order valence-corrected chi connectivity index (χ4v) is 1.37. The van der Waals surface area contributed by atoms with Crippen molar-refractivity contribution >= 4 is 11.9 Å². The van der Waals surface area contributed by atoms with Gasteiger partial charge in [-0.15, -0.1) is 5.10 Å². The highest BCUT2D eigenvalue weighted by molar-refractivity contribution is 5.91. The van der Waals surface area contributed by atoms with Gasteiger partial charge in [0.05, 0.1) is 12.7 Å². The van der Waals surface area contributed by atoms with E-state index in [1.54, 1.807) is 0 Å². The molecule has 0 aliphatic heterocycles. The SMILES string of the molecule is O=C(O)Cn1cc(CNC(=O)c2ccc(=O)[nH]n2)nn1. The number of aliphatic carboxylic acids is 1. The third-order valence-electron chi connectivity index (χ3n) is 2.23. The Labute approximate surface area is 111 Å². The standard InChI is InChI=1S/C10H10N6O4/c17-8-2-1-7(13-14-8)10(20)11-3-6-4-16(15-12-6)5-9(18)19/h1-2,4H,3,5H2,(H,11,20)(H,14,17)(H,18,19). The molecule has 0 radical (unpaired) electrons. The van der Waals surface area contributed by atoms with E-state index < -0.39 is 17.4 Å². The molecule has 2 heterocycles. The molecule has 2 rings (SSSR count). The lowest BCUT2D eigenvalue weighted by Gasteiger charge is -2.00. The van der Waals surface area contributed by atoms with Crippen LogP contribution >= 0.6 is 0 Å². The van der Waals surface area contributed by atoms with E-state index in [9.17, 15) is 14.4 Å². The van der Waals surface area contributed by atoms with Gasteiger partial charge in [0.2, 0.25) is 0 Å². The van der Waals surface area contributed by atoms with Crippen LogP contribution in [0.15, 0.2) is 23.1 Å². The zero-order valence-electron chi connectivity index (χ0n) is 10.1. The summed E-state index contributed by atoms with van der Waals surface area (Å²) in [6.07, 6.45) is 1.41. The van der Waals surface area contributed by atoms with E-state index in [0.717, 1.165) is 4.68 Å². The van der Waals surface area contributed by atoms with E-state index in [2.05, 4.69) is 25.8 Å². The molecule has 104 valence electrons. The van der Waals surface area contributed by atoms with Crippen molar-refractivity contribution in [3.8, 4) is 0 Å². The minimum Gasteiger partial charge on any atom is -0.480 e. The summed E-state index contributed by atoms with van der Waals surface area (Å²) in [5.74, 6) is -1.53. The third kappa shape index (κ3) is 3.48. The van der Waals surface area contributed by atoms with Gasteiger partial charge in [0.25, 0.3) is 11.5 Å². The Kier molecular flexibility index (Phi) is 3.84. The fourth-order valence-electron chi connectivity index (χ4n) is 1.37. The van der Waals surface area contributed by atoms with Gasteiger partial charge in [0, 0.05) is 6.07 Å². The van der Waals surface area contributed by atoms with Crippen molar-refractivity contribution in [1.29, 1.82) is 0 Å². The molecule has 1 amide bonds. The number of aromatic nitrogens is 5. The smallest absolute Gasteiger partial charge is 0.325 e. The molecule has 0 aliphatic carbocycles. The molecule has 10 nitrogen and oxygen atoms in total. The zero-order valence-corrected chi connectivity index (χ0v) is 10.1. The quantitative estimate of drug-likeness (QED) is 0.596. The number of carbonyl (C=O) groups is 2. The number of carbonyl (C=O) groups excluding carboxylic acids is 1. The van der Waals surface area contributed by atoms with Gasteiger partial charge in [-0.3, -0.25) is 14.4 Å². The molecule has 2 aromatic heterocycles. The highest BCUT2D eigenvalue weighted by Crippen LogP contribution is 1.95. The van der Waals surface area contributed by atoms with E-state index in [1.807, 2.05) is 0 Å². The lowest BCUT2D eigenvalue weighted by atomic mass is 10.3. The zero-order chi connectivity index (χ0) is 14.5. The molecule has 0 saturated heterocycles. The van der Waals surface area contributed by atoms with Crippen molar-refractivity contribution < 1.29 is 14.7 Å². The van der Waals surface area contributed by atoms with Gasteiger partial charge in [0.15, 0.2) is 0 Å². The summed E-state index contributed by atoms with van der Waals surface area (Å²) in [5.41, 5.74) is 0.0599. The first-order valence-electron chi connectivity index (χ1n) is 5.49. The molecule has 0 aromatic carbocycles. The van der Waals surface area contributed by atoms with Crippen LogP contribution in [0.5, 0.6) is 0 Å². The Bertz CT molecular complexity index is 671.